The monoisotopic (exact) mass is 491 g/mol. The number of anilines is 2. The molecule has 1 amide bonds. The Bertz CT molecular complexity index is 1270. The van der Waals surface area contributed by atoms with Crippen LogP contribution in [0.3, 0.4) is 0 Å². The molecule has 33 heavy (non-hydrogen) atoms. The van der Waals surface area contributed by atoms with E-state index in [1.807, 2.05) is 0 Å². The smallest absolute Gasteiger partial charge is 0.258 e. The van der Waals surface area contributed by atoms with Crippen molar-refractivity contribution < 1.29 is 21.6 Å². The van der Waals surface area contributed by atoms with E-state index in [9.17, 15) is 21.6 Å². The summed E-state index contributed by atoms with van der Waals surface area (Å²) in [6.45, 7) is 5.33. The highest BCUT2D eigenvalue weighted by atomic mass is 32.2. The van der Waals surface area contributed by atoms with Crippen molar-refractivity contribution in [2.45, 2.75) is 38.0 Å². The molecule has 0 aliphatic carbocycles. The summed E-state index contributed by atoms with van der Waals surface area (Å²) in [4.78, 5) is 15.3. The molecule has 2 aliphatic heterocycles. The summed E-state index contributed by atoms with van der Waals surface area (Å²) in [7, 11) is -6.92. The molecular weight excluding hydrogens is 462 g/mol. The average Bonchev–Trinajstić information content (AvgIpc) is 3.17. The molecule has 2 aromatic rings. The van der Waals surface area contributed by atoms with Gasteiger partial charge in [0.15, 0.2) is 0 Å². The zero-order valence-electron chi connectivity index (χ0n) is 18.9. The lowest BCUT2D eigenvalue weighted by Gasteiger charge is -2.30. The predicted molar refractivity (Wildman–Crippen MR) is 129 cm³/mol. The molecule has 0 N–H and O–H groups in total. The van der Waals surface area contributed by atoms with Crippen LogP contribution in [0.15, 0.2) is 47.4 Å². The van der Waals surface area contributed by atoms with Crippen LogP contribution >= 0.6 is 0 Å². The number of sulfonamides is 2. The van der Waals surface area contributed by atoms with Crippen molar-refractivity contribution in [2.75, 3.05) is 41.1 Å². The molecule has 0 bridgehead atoms. The largest absolute Gasteiger partial charge is 0.308 e. The third kappa shape index (κ3) is 4.39. The Hall–Kier alpha value is -2.43. The van der Waals surface area contributed by atoms with Crippen molar-refractivity contribution in [1.82, 2.24) is 4.31 Å². The Morgan fingerprint density at radius 1 is 1.03 bits per heavy atom. The van der Waals surface area contributed by atoms with Gasteiger partial charge in [0.1, 0.15) is 0 Å². The number of nitrogens with zero attached hydrogens (tertiary/aromatic N) is 3. The normalized spacial score (nSPS) is 17.9. The molecule has 0 radical (unpaired) electrons. The van der Waals surface area contributed by atoms with Gasteiger partial charge in [-0.2, -0.15) is 4.31 Å². The first-order chi connectivity index (χ1) is 15.7. The maximum atomic E-state index is 13.4. The van der Waals surface area contributed by atoms with Gasteiger partial charge in [0.2, 0.25) is 20.0 Å². The number of amides is 1. The van der Waals surface area contributed by atoms with Gasteiger partial charge >= 0.3 is 0 Å². The van der Waals surface area contributed by atoms with Crippen LogP contribution in [0.25, 0.3) is 0 Å². The van der Waals surface area contributed by atoms with E-state index < -0.39 is 20.0 Å². The summed E-state index contributed by atoms with van der Waals surface area (Å²) >= 11 is 0. The Morgan fingerprint density at radius 2 is 1.79 bits per heavy atom. The lowest BCUT2D eigenvalue weighted by atomic mass is 10.0. The van der Waals surface area contributed by atoms with Crippen LogP contribution in [-0.4, -0.2) is 59.0 Å². The first-order valence-corrected chi connectivity index (χ1v) is 14.3. The molecule has 2 heterocycles. The first kappa shape index (κ1) is 23.7. The highest BCUT2D eigenvalue weighted by molar-refractivity contribution is 7.93. The van der Waals surface area contributed by atoms with Crippen LogP contribution < -0.4 is 9.21 Å². The molecule has 10 heteroatoms. The van der Waals surface area contributed by atoms with E-state index in [0.717, 1.165) is 5.56 Å². The van der Waals surface area contributed by atoms with Gasteiger partial charge in [-0.3, -0.25) is 9.10 Å². The Morgan fingerprint density at radius 3 is 2.45 bits per heavy atom. The van der Waals surface area contributed by atoms with E-state index in [-0.39, 0.29) is 16.6 Å². The molecule has 1 saturated heterocycles. The van der Waals surface area contributed by atoms with Crippen LogP contribution in [0.2, 0.25) is 0 Å². The summed E-state index contributed by atoms with van der Waals surface area (Å²) < 4.78 is 53.2. The molecule has 178 valence electrons. The Balaban J connectivity index is 1.65. The van der Waals surface area contributed by atoms with Crippen molar-refractivity contribution >= 4 is 37.3 Å². The van der Waals surface area contributed by atoms with Gasteiger partial charge in [-0.1, -0.05) is 19.9 Å². The molecule has 8 nitrogen and oxygen atoms in total. The molecule has 1 fully saturated rings. The van der Waals surface area contributed by atoms with Crippen molar-refractivity contribution in [3.05, 3.63) is 53.6 Å². The van der Waals surface area contributed by atoms with Crippen LogP contribution in [-0.2, 0) is 26.5 Å². The highest BCUT2D eigenvalue weighted by Gasteiger charge is 2.30. The second kappa shape index (κ2) is 9.08. The van der Waals surface area contributed by atoms with Crippen LogP contribution in [0, 0.1) is 0 Å². The molecule has 0 aromatic heterocycles. The van der Waals surface area contributed by atoms with Crippen LogP contribution in [0.1, 0.15) is 42.6 Å². The molecule has 0 spiro atoms. The van der Waals surface area contributed by atoms with Crippen molar-refractivity contribution in [1.29, 1.82) is 0 Å². The second-order valence-corrected chi connectivity index (χ2v) is 12.2. The van der Waals surface area contributed by atoms with Gasteiger partial charge in [0, 0.05) is 37.4 Å². The van der Waals surface area contributed by atoms with Gasteiger partial charge in [0.25, 0.3) is 5.91 Å². The van der Waals surface area contributed by atoms with Gasteiger partial charge in [0.05, 0.1) is 16.3 Å². The molecule has 4 rings (SSSR count). The highest BCUT2D eigenvalue weighted by Crippen LogP contribution is 2.32. The SMILES string of the molecule is CCN(CC)S(=O)(=O)c1ccc2c(c1)CCCN2C(=O)c1cccc(N2CCCS2(=O)=O)c1. The molecule has 2 aliphatic rings. The molecule has 0 atom stereocenters. The number of benzene rings is 2. The third-order valence-electron chi connectivity index (χ3n) is 6.24. The minimum atomic E-state index is -3.58. The number of rotatable bonds is 6. The van der Waals surface area contributed by atoms with E-state index in [0.29, 0.717) is 62.4 Å². The van der Waals surface area contributed by atoms with E-state index in [4.69, 9.17) is 0 Å². The maximum absolute atomic E-state index is 13.4. The van der Waals surface area contributed by atoms with Crippen molar-refractivity contribution in [2.24, 2.45) is 0 Å². The number of hydrogen-bond acceptors (Lipinski definition) is 5. The minimum absolute atomic E-state index is 0.114. The van der Waals surface area contributed by atoms with Crippen LogP contribution in [0.5, 0.6) is 0 Å². The molecular formula is C23H29N3O5S2. The lowest BCUT2D eigenvalue weighted by molar-refractivity contribution is 0.0985. The number of hydrogen-bond donors (Lipinski definition) is 0. The molecule has 0 unspecified atom stereocenters. The minimum Gasteiger partial charge on any atom is -0.308 e. The fraction of sp³-hybridized carbons (Fsp3) is 0.435. The quantitative estimate of drug-likeness (QED) is 0.619. The topological polar surface area (TPSA) is 95.1 Å². The zero-order chi connectivity index (χ0) is 23.8. The maximum Gasteiger partial charge on any atom is 0.258 e. The fourth-order valence-electron chi connectivity index (χ4n) is 4.54. The Labute approximate surface area is 195 Å². The van der Waals surface area contributed by atoms with Gasteiger partial charge in [-0.15, -0.1) is 0 Å². The molecule has 2 aromatic carbocycles. The second-order valence-electron chi connectivity index (χ2n) is 8.23. The van der Waals surface area contributed by atoms with E-state index in [2.05, 4.69) is 0 Å². The molecule has 0 saturated carbocycles. The number of carbonyl (C=O) groups is 1. The summed E-state index contributed by atoms with van der Waals surface area (Å²) in [5.74, 6) is -0.114. The van der Waals surface area contributed by atoms with E-state index >= 15 is 0 Å². The third-order valence-corrected chi connectivity index (χ3v) is 10.2. The number of aryl methyl sites for hydroxylation is 1. The van der Waals surface area contributed by atoms with Crippen molar-refractivity contribution in [3.63, 3.8) is 0 Å². The Kier molecular flexibility index (Phi) is 6.52. The standard InChI is InChI=1S/C23H29N3O5S2/c1-3-24(4-2)33(30,31)21-11-12-22-18(17-21)9-6-13-25(22)23(27)19-8-5-10-20(16-19)26-14-7-15-32(26,28)29/h5,8,10-12,16-17H,3-4,6-7,9,13-15H2,1-2H3. The fourth-order valence-corrected chi connectivity index (χ4v) is 7.60. The van der Waals surface area contributed by atoms with E-state index in [1.165, 1.54) is 8.61 Å². The zero-order valence-corrected chi connectivity index (χ0v) is 20.5. The average molecular weight is 492 g/mol. The summed E-state index contributed by atoms with van der Waals surface area (Å²) in [5, 5.41) is 0. The number of fused-ring (bicyclic) bond motifs is 1. The first-order valence-electron chi connectivity index (χ1n) is 11.2. The number of carbonyl (C=O) groups excluding carboxylic acids is 1. The summed E-state index contributed by atoms with van der Waals surface area (Å²) in [5.41, 5.74) is 2.42. The lowest BCUT2D eigenvalue weighted by Crippen LogP contribution is -2.36. The van der Waals surface area contributed by atoms with E-state index in [1.54, 1.807) is 61.2 Å². The predicted octanol–water partition coefficient (Wildman–Crippen LogP) is 2.85. The van der Waals surface area contributed by atoms with Crippen molar-refractivity contribution in [3.8, 4) is 0 Å². The van der Waals surface area contributed by atoms with Crippen LogP contribution in [0.4, 0.5) is 11.4 Å². The van der Waals surface area contributed by atoms with Gasteiger partial charge in [-0.05, 0) is 61.2 Å². The summed E-state index contributed by atoms with van der Waals surface area (Å²) in [6, 6.07) is 11.6. The summed E-state index contributed by atoms with van der Waals surface area (Å²) in [6.07, 6.45) is 1.97. The van der Waals surface area contributed by atoms with Gasteiger partial charge < -0.3 is 4.90 Å². The van der Waals surface area contributed by atoms with Gasteiger partial charge in [-0.25, -0.2) is 16.8 Å².